The van der Waals surface area contributed by atoms with Crippen molar-refractivity contribution in [3.63, 3.8) is 0 Å². The average Bonchev–Trinajstić information content (AvgIpc) is 3.08. The molecule has 7 atom stereocenters. The maximum Gasteiger partial charge on any atom is 0.270 e. The lowest BCUT2D eigenvalue weighted by Crippen LogP contribution is -2.52. The Labute approximate surface area is 287 Å². The van der Waals surface area contributed by atoms with Crippen molar-refractivity contribution >= 4 is 40.2 Å². The normalized spacial score (nSPS) is 22.6. The Balaban J connectivity index is 1.35. The number of benzene rings is 2. The van der Waals surface area contributed by atoms with E-state index in [2.05, 4.69) is 15.6 Å². The molecular formula is C39H48N4O6. The van der Waals surface area contributed by atoms with Gasteiger partial charge in [0, 0.05) is 23.1 Å². The first-order valence-electron chi connectivity index (χ1n) is 17.4. The summed E-state index contributed by atoms with van der Waals surface area (Å²) in [5, 5.41) is 17.7. The summed E-state index contributed by atoms with van der Waals surface area (Å²) in [5.74, 6) is -2.21. The number of aliphatic hydroxyl groups is 1. The third kappa shape index (κ3) is 8.78. The van der Waals surface area contributed by atoms with Crippen LogP contribution in [0.4, 0.5) is 0 Å². The second-order valence-electron chi connectivity index (χ2n) is 14.9. The van der Waals surface area contributed by atoms with Gasteiger partial charge in [-0.05, 0) is 48.3 Å². The number of primary amides is 1. The molecular weight excluding hydrogens is 620 g/mol. The third-order valence-electron chi connectivity index (χ3n) is 10.3. The van der Waals surface area contributed by atoms with Crippen molar-refractivity contribution in [2.45, 2.75) is 90.3 Å². The summed E-state index contributed by atoms with van der Waals surface area (Å²) in [6.07, 6.45) is 3.85. The van der Waals surface area contributed by atoms with E-state index in [0.29, 0.717) is 22.9 Å². The number of hydrogen-bond donors (Lipinski definition) is 4. The molecule has 1 aromatic heterocycles. The Hall–Kier alpha value is -4.44. The van der Waals surface area contributed by atoms with Gasteiger partial charge in [0.2, 0.25) is 11.8 Å². The van der Waals surface area contributed by atoms with E-state index in [9.17, 15) is 29.1 Å². The minimum Gasteiger partial charge on any atom is -0.383 e. The predicted molar refractivity (Wildman–Crippen MR) is 186 cm³/mol. The fourth-order valence-corrected chi connectivity index (χ4v) is 7.74. The number of nitrogens with one attached hydrogen (secondary N) is 2. The van der Waals surface area contributed by atoms with E-state index in [1.54, 1.807) is 48.5 Å². The van der Waals surface area contributed by atoms with Gasteiger partial charge in [0.25, 0.3) is 5.91 Å². The second kappa shape index (κ2) is 15.4. The highest BCUT2D eigenvalue weighted by molar-refractivity contribution is 5.99. The molecule has 0 bridgehead atoms. The summed E-state index contributed by atoms with van der Waals surface area (Å²) in [6, 6.07) is 16.5. The van der Waals surface area contributed by atoms with Crippen LogP contribution in [0.25, 0.3) is 10.9 Å². The van der Waals surface area contributed by atoms with E-state index < -0.39 is 53.5 Å². The highest BCUT2D eigenvalue weighted by Crippen LogP contribution is 2.48. The number of aliphatic hydroxyl groups excluding tert-OH is 1. The van der Waals surface area contributed by atoms with Gasteiger partial charge >= 0.3 is 0 Å². The molecule has 10 nitrogen and oxygen atoms in total. The SMILES string of the molecule is CC(C)(C)C(=O)C1CC2CCCCC2CC1CC(=O)C(O)C(NC(=O)C(CC(N)=O)NC(=O)c1ccc2ccccc2n1)c1ccccc1. The maximum atomic E-state index is 13.9. The molecule has 5 N–H and O–H groups in total. The Kier molecular flexibility index (Phi) is 11.3. The van der Waals surface area contributed by atoms with Gasteiger partial charge < -0.3 is 21.5 Å². The molecule has 7 unspecified atom stereocenters. The first kappa shape index (κ1) is 35.9. The maximum absolute atomic E-state index is 13.9. The number of ketones is 2. The van der Waals surface area contributed by atoms with Crippen molar-refractivity contribution in [2.24, 2.45) is 34.8 Å². The summed E-state index contributed by atoms with van der Waals surface area (Å²) in [5.41, 5.74) is 6.01. The molecule has 0 aliphatic heterocycles. The highest BCUT2D eigenvalue weighted by Gasteiger charge is 2.45. The summed E-state index contributed by atoms with van der Waals surface area (Å²) in [4.78, 5) is 71.0. The minimum atomic E-state index is -1.65. The molecule has 2 aliphatic carbocycles. The molecule has 260 valence electrons. The zero-order valence-electron chi connectivity index (χ0n) is 28.6. The van der Waals surface area contributed by atoms with Gasteiger partial charge in [-0.15, -0.1) is 0 Å². The Morgan fingerprint density at radius 2 is 1.53 bits per heavy atom. The van der Waals surface area contributed by atoms with Crippen molar-refractivity contribution in [3.05, 3.63) is 78.0 Å². The van der Waals surface area contributed by atoms with Crippen molar-refractivity contribution in [1.82, 2.24) is 15.6 Å². The van der Waals surface area contributed by atoms with Crippen LogP contribution >= 0.6 is 0 Å². The molecule has 2 aromatic carbocycles. The summed E-state index contributed by atoms with van der Waals surface area (Å²) >= 11 is 0. The van der Waals surface area contributed by atoms with Crippen LogP contribution in [-0.2, 0) is 19.2 Å². The average molecular weight is 669 g/mol. The molecule has 10 heteroatoms. The molecule has 3 amide bonds. The summed E-state index contributed by atoms with van der Waals surface area (Å²) in [7, 11) is 0. The second-order valence-corrected chi connectivity index (χ2v) is 14.9. The van der Waals surface area contributed by atoms with E-state index in [0.717, 1.165) is 43.9 Å². The third-order valence-corrected chi connectivity index (χ3v) is 10.3. The lowest BCUT2D eigenvalue weighted by molar-refractivity contribution is -0.138. The lowest BCUT2D eigenvalue weighted by atomic mass is 9.59. The number of fused-ring (bicyclic) bond motifs is 2. The zero-order chi connectivity index (χ0) is 35.3. The van der Waals surface area contributed by atoms with Crippen LogP contribution < -0.4 is 16.4 Å². The van der Waals surface area contributed by atoms with Crippen LogP contribution in [0.15, 0.2) is 66.7 Å². The van der Waals surface area contributed by atoms with Crippen LogP contribution in [0.3, 0.4) is 0 Å². The Morgan fingerprint density at radius 1 is 0.878 bits per heavy atom. The monoisotopic (exact) mass is 668 g/mol. The number of aromatic nitrogens is 1. The Bertz CT molecular complexity index is 1690. The van der Waals surface area contributed by atoms with Gasteiger partial charge in [0.15, 0.2) is 5.78 Å². The minimum absolute atomic E-state index is 0.00512. The van der Waals surface area contributed by atoms with Crippen LogP contribution in [0.5, 0.6) is 0 Å². The number of carbonyl (C=O) groups is 5. The van der Waals surface area contributed by atoms with Crippen LogP contribution in [0.2, 0.25) is 0 Å². The Morgan fingerprint density at radius 3 is 2.20 bits per heavy atom. The van der Waals surface area contributed by atoms with E-state index in [1.807, 2.05) is 32.9 Å². The molecule has 2 fully saturated rings. The van der Waals surface area contributed by atoms with E-state index in [-0.39, 0.29) is 29.7 Å². The topological polar surface area (TPSA) is 169 Å². The highest BCUT2D eigenvalue weighted by atomic mass is 16.3. The number of rotatable bonds is 12. The van der Waals surface area contributed by atoms with Crippen molar-refractivity contribution < 1.29 is 29.1 Å². The first-order chi connectivity index (χ1) is 23.3. The number of pyridine rings is 1. The van der Waals surface area contributed by atoms with Crippen molar-refractivity contribution in [1.29, 1.82) is 0 Å². The molecule has 0 spiro atoms. The van der Waals surface area contributed by atoms with Gasteiger partial charge in [0.1, 0.15) is 23.6 Å². The zero-order valence-corrected chi connectivity index (χ0v) is 28.6. The van der Waals surface area contributed by atoms with Gasteiger partial charge in [-0.25, -0.2) is 4.98 Å². The number of hydrogen-bond acceptors (Lipinski definition) is 7. The molecule has 0 radical (unpaired) electrons. The molecule has 49 heavy (non-hydrogen) atoms. The van der Waals surface area contributed by atoms with Gasteiger partial charge in [-0.3, -0.25) is 24.0 Å². The first-order valence-corrected chi connectivity index (χ1v) is 17.4. The van der Waals surface area contributed by atoms with E-state index in [1.165, 1.54) is 6.07 Å². The standard InChI is InChI=1S/C39H48N4O6/c1-39(2,3)36(47)28-20-26-15-8-7-14-25(26)19-27(28)21-32(44)35(46)34(24-12-5-4-6-13-24)43-38(49)31(22-33(40)45)42-37(48)30-18-17-23-11-9-10-16-29(23)41-30/h4-6,9-13,16-18,25-28,31,34-35,46H,7-8,14-15,19-22H2,1-3H3,(H2,40,45)(H,42,48)(H,43,49). The summed E-state index contributed by atoms with van der Waals surface area (Å²) in [6.45, 7) is 5.73. The van der Waals surface area contributed by atoms with Gasteiger partial charge in [-0.2, -0.15) is 0 Å². The molecule has 2 saturated carbocycles. The van der Waals surface area contributed by atoms with Gasteiger partial charge in [-0.1, -0.05) is 101 Å². The number of para-hydroxylation sites is 1. The number of carbonyl (C=O) groups excluding carboxylic acids is 5. The quantitative estimate of drug-likeness (QED) is 0.214. The number of amides is 3. The fourth-order valence-electron chi connectivity index (χ4n) is 7.74. The predicted octanol–water partition coefficient (Wildman–Crippen LogP) is 4.83. The number of nitrogens with zero attached hydrogens (tertiary/aromatic N) is 1. The van der Waals surface area contributed by atoms with Crippen molar-refractivity contribution in [2.75, 3.05) is 0 Å². The van der Waals surface area contributed by atoms with Gasteiger partial charge in [0.05, 0.1) is 18.0 Å². The fraction of sp³-hybridized carbons (Fsp3) is 0.487. The van der Waals surface area contributed by atoms with E-state index in [4.69, 9.17) is 5.73 Å². The molecule has 0 saturated heterocycles. The summed E-state index contributed by atoms with van der Waals surface area (Å²) < 4.78 is 0. The largest absolute Gasteiger partial charge is 0.383 e. The van der Waals surface area contributed by atoms with Crippen LogP contribution in [0, 0.1) is 29.1 Å². The van der Waals surface area contributed by atoms with E-state index >= 15 is 0 Å². The van der Waals surface area contributed by atoms with Crippen molar-refractivity contribution in [3.8, 4) is 0 Å². The van der Waals surface area contributed by atoms with Crippen LogP contribution in [-0.4, -0.2) is 51.5 Å². The number of nitrogens with two attached hydrogens (primary N) is 1. The molecule has 3 aromatic rings. The molecule has 2 aliphatic rings. The van der Waals surface area contributed by atoms with Crippen LogP contribution in [0.1, 0.15) is 94.2 Å². The smallest absolute Gasteiger partial charge is 0.270 e. The number of Topliss-reactive ketones (excluding diaryl/α,β-unsaturated/α-hetero) is 2. The molecule has 1 heterocycles. The molecule has 5 rings (SSSR count). The lowest BCUT2D eigenvalue weighted by Gasteiger charge is -2.45.